The van der Waals surface area contributed by atoms with Crippen molar-refractivity contribution in [3.63, 3.8) is 0 Å². The van der Waals surface area contributed by atoms with Gasteiger partial charge in [0.1, 0.15) is 5.82 Å². The molecule has 0 radical (unpaired) electrons. The fourth-order valence-electron chi connectivity index (χ4n) is 5.86. The second-order valence-corrected chi connectivity index (χ2v) is 11.1. The number of para-hydroxylation sites is 2. The Kier molecular flexibility index (Phi) is 8.28. The second-order valence-electron chi connectivity index (χ2n) is 11.1. The van der Waals surface area contributed by atoms with Crippen LogP contribution in [0.5, 0.6) is 0 Å². The maximum absolute atomic E-state index is 13.5. The summed E-state index contributed by atoms with van der Waals surface area (Å²) in [5.41, 5.74) is 7.20. The van der Waals surface area contributed by atoms with E-state index in [2.05, 4.69) is 45.1 Å². The van der Waals surface area contributed by atoms with Gasteiger partial charge in [-0.05, 0) is 71.3 Å². The molecule has 214 valence electrons. The molecule has 0 atom stereocenters. The van der Waals surface area contributed by atoms with Crippen molar-refractivity contribution in [2.45, 2.75) is 38.3 Å². The number of likely N-dealkylation sites (tertiary alicyclic amines) is 1. The second kappa shape index (κ2) is 12.6. The third-order valence-electron chi connectivity index (χ3n) is 8.17. The van der Waals surface area contributed by atoms with Crippen LogP contribution in [0.3, 0.4) is 0 Å². The van der Waals surface area contributed by atoms with Crippen LogP contribution in [0, 0.1) is 5.82 Å². The SMILES string of the molecule is O=C(O)Cc1ccccc1-c1ccc(CCN2CCC(Nc3nc4ccccc4n3Cc3ccc(F)cc3)CC2)cc1. The molecule has 0 amide bonds. The average molecular weight is 563 g/mol. The first kappa shape index (κ1) is 27.7. The molecule has 1 saturated heterocycles. The molecule has 42 heavy (non-hydrogen) atoms. The van der Waals surface area contributed by atoms with Gasteiger partial charge in [-0.1, -0.05) is 72.8 Å². The Balaban J connectivity index is 1.04. The first-order chi connectivity index (χ1) is 20.5. The molecule has 4 aromatic carbocycles. The number of carboxylic acids is 1. The van der Waals surface area contributed by atoms with E-state index >= 15 is 0 Å². The van der Waals surface area contributed by atoms with Gasteiger partial charge in [0, 0.05) is 25.7 Å². The minimum Gasteiger partial charge on any atom is -0.481 e. The summed E-state index contributed by atoms with van der Waals surface area (Å²) in [6.07, 6.45) is 3.08. The van der Waals surface area contributed by atoms with E-state index < -0.39 is 5.97 Å². The molecule has 1 aliphatic heterocycles. The molecular weight excluding hydrogens is 527 g/mol. The summed E-state index contributed by atoms with van der Waals surface area (Å²) in [6.45, 7) is 3.68. The summed E-state index contributed by atoms with van der Waals surface area (Å²) >= 11 is 0. The summed E-state index contributed by atoms with van der Waals surface area (Å²) < 4.78 is 15.7. The molecule has 2 N–H and O–H groups in total. The minimum atomic E-state index is -0.818. The number of anilines is 1. The van der Waals surface area contributed by atoms with Crippen molar-refractivity contribution in [3.8, 4) is 11.1 Å². The molecule has 5 aromatic rings. The molecule has 0 unspecified atom stereocenters. The quantitative estimate of drug-likeness (QED) is 0.200. The number of nitrogens with zero attached hydrogens (tertiary/aromatic N) is 3. The van der Waals surface area contributed by atoms with E-state index in [1.165, 1.54) is 17.7 Å². The standard InChI is InChI=1S/C35H35FN4O2/c36-29-15-11-26(12-16-29)24-40-33-8-4-3-7-32(33)38-35(40)37-30-18-21-39(22-19-30)20-17-25-9-13-27(14-10-25)31-6-2-1-5-28(31)23-34(41)42/h1-16,30H,17-24H2,(H,37,38)(H,41,42). The number of piperidine rings is 1. The number of fused-ring (bicyclic) bond motifs is 1. The maximum atomic E-state index is 13.5. The Labute approximate surface area is 245 Å². The lowest BCUT2D eigenvalue weighted by atomic mass is 9.96. The lowest BCUT2D eigenvalue weighted by Crippen LogP contribution is -2.40. The first-order valence-electron chi connectivity index (χ1n) is 14.6. The number of nitrogens with one attached hydrogen (secondary N) is 1. The van der Waals surface area contributed by atoms with E-state index in [1.54, 1.807) is 0 Å². The number of benzene rings is 4. The molecule has 6 rings (SSSR count). The highest BCUT2D eigenvalue weighted by atomic mass is 19.1. The lowest BCUT2D eigenvalue weighted by Gasteiger charge is -2.32. The zero-order valence-corrected chi connectivity index (χ0v) is 23.5. The van der Waals surface area contributed by atoms with Crippen LogP contribution in [-0.2, 0) is 24.2 Å². The van der Waals surface area contributed by atoms with Crippen molar-refractivity contribution in [2.75, 3.05) is 25.0 Å². The first-order valence-corrected chi connectivity index (χ1v) is 14.6. The van der Waals surface area contributed by atoms with Crippen molar-refractivity contribution in [3.05, 3.63) is 120 Å². The van der Waals surface area contributed by atoms with Crippen LogP contribution in [0.1, 0.15) is 29.5 Å². The predicted molar refractivity (Wildman–Crippen MR) is 165 cm³/mol. The van der Waals surface area contributed by atoms with Gasteiger partial charge in [0.05, 0.1) is 24.0 Å². The van der Waals surface area contributed by atoms with Gasteiger partial charge < -0.3 is 19.9 Å². The van der Waals surface area contributed by atoms with Crippen molar-refractivity contribution < 1.29 is 14.3 Å². The predicted octanol–water partition coefficient (Wildman–Crippen LogP) is 6.64. The lowest BCUT2D eigenvalue weighted by molar-refractivity contribution is -0.136. The number of carbonyl (C=O) groups is 1. The summed E-state index contributed by atoms with van der Waals surface area (Å²) in [5, 5.41) is 13.0. The molecule has 0 aliphatic carbocycles. The highest BCUT2D eigenvalue weighted by molar-refractivity contribution is 5.79. The van der Waals surface area contributed by atoms with Gasteiger partial charge in [-0.15, -0.1) is 0 Å². The topological polar surface area (TPSA) is 70.4 Å². The molecule has 1 aliphatic rings. The number of halogens is 1. The average Bonchev–Trinajstić information content (AvgIpc) is 3.34. The maximum Gasteiger partial charge on any atom is 0.307 e. The van der Waals surface area contributed by atoms with Gasteiger partial charge in [-0.25, -0.2) is 9.37 Å². The molecule has 0 bridgehead atoms. The molecule has 1 aromatic heterocycles. The number of hydrogen-bond acceptors (Lipinski definition) is 4. The van der Waals surface area contributed by atoms with E-state index in [-0.39, 0.29) is 12.2 Å². The Hall–Kier alpha value is -4.49. The van der Waals surface area contributed by atoms with Crippen LogP contribution in [0.25, 0.3) is 22.2 Å². The zero-order valence-electron chi connectivity index (χ0n) is 23.5. The largest absolute Gasteiger partial charge is 0.481 e. The van der Waals surface area contributed by atoms with Crippen molar-refractivity contribution in [1.82, 2.24) is 14.5 Å². The highest BCUT2D eigenvalue weighted by Gasteiger charge is 2.21. The summed E-state index contributed by atoms with van der Waals surface area (Å²) in [5.74, 6) is -0.180. The Bertz CT molecular complexity index is 1660. The van der Waals surface area contributed by atoms with Gasteiger partial charge in [0.2, 0.25) is 5.95 Å². The molecule has 6 nitrogen and oxygen atoms in total. The zero-order chi connectivity index (χ0) is 28.9. The van der Waals surface area contributed by atoms with Crippen LogP contribution in [0.15, 0.2) is 97.1 Å². The van der Waals surface area contributed by atoms with Crippen LogP contribution in [0.2, 0.25) is 0 Å². The van der Waals surface area contributed by atoms with Gasteiger partial charge >= 0.3 is 5.97 Å². The number of hydrogen-bond donors (Lipinski definition) is 2. The van der Waals surface area contributed by atoms with E-state index in [9.17, 15) is 14.3 Å². The van der Waals surface area contributed by atoms with E-state index in [0.717, 1.165) is 78.1 Å². The number of carboxylic acid groups (broad SMARTS) is 1. The third-order valence-corrected chi connectivity index (χ3v) is 8.17. The molecule has 2 heterocycles. The van der Waals surface area contributed by atoms with E-state index in [1.807, 2.05) is 54.6 Å². The van der Waals surface area contributed by atoms with E-state index in [4.69, 9.17) is 4.98 Å². The van der Waals surface area contributed by atoms with E-state index in [0.29, 0.717) is 12.6 Å². The fraction of sp³-hybridized carbons (Fsp3) is 0.257. The number of aliphatic carboxylic acids is 1. The van der Waals surface area contributed by atoms with Crippen LogP contribution < -0.4 is 5.32 Å². The number of aromatic nitrogens is 2. The summed E-state index contributed by atoms with van der Waals surface area (Å²) in [4.78, 5) is 18.7. The normalized spacial score (nSPS) is 14.3. The number of rotatable bonds is 10. The van der Waals surface area contributed by atoms with Gasteiger partial charge in [0.15, 0.2) is 0 Å². The van der Waals surface area contributed by atoms with Gasteiger partial charge in [-0.2, -0.15) is 0 Å². The molecule has 7 heteroatoms. The van der Waals surface area contributed by atoms with Crippen LogP contribution in [-0.4, -0.2) is 51.2 Å². The fourth-order valence-corrected chi connectivity index (χ4v) is 5.86. The molecule has 1 fully saturated rings. The van der Waals surface area contributed by atoms with Gasteiger partial charge in [0.25, 0.3) is 0 Å². The molecular formula is C35H35FN4O2. The summed E-state index contributed by atoms with van der Waals surface area (Å²) in [6, 6.07) is 31.4. The third kappa shape index (κ3) is 6.52. The molecule has 0 saturated carbocycles. The smallest absolute Gasteiger partial charge is 0.307 e. The Morgan fingerprint density at radius 2 is 1.57 bits per heavy atom. The Morgan fingerprint density at radius 3 is 2.33 bits per heavy atom. The highest BCUT2D eigenvalue weighted by Crippen LogP contribution is 2.26. The summed E-state index contributed by atoms with van der Waals surface area (Å²) in [7, 11) is 0. The van der Waals surface area contributed by atoms with Crippen molar-refractivity contribution in [1.29, 1.82) is 0 Å². The van der Waals surface area contributed by atoms with Crippen LogP contribution in [0.4, 0.5) is 10.3 Å². The van der Waals surface area contributed by atoms with Gasteiger partial charge in [-0.3, -0.25) is 4.79 Å². The van der Waals surface area contributed by atoms with Crippen molar-refractivity contribution in [2.24, 2.45) is 0 Å². The minimum absolute atomic E-state index is 0.0231. The van der Waals surface area contributed by atoms with Crippen LogP contribution >= 0.6 is 0 Å². The van der Waals surface area contributed by atoms with Crippen molar-refractivity contribution >= 4 is 23.0 Å². The monoisotopic (exact) mass is 562 g/mol. The number of imidazole rings is 1. The molecule has 0 spiro atoms. The Morgan fingerprint density at radius 1 is 0.881 bits per heavy atom.